The number of hydroxylamine groups is 1. The molecule has 8 heteroatoms. The van der Waals surface area contributed by atoms with Crippen LogP contribution in [0.3, 0.4) is 0 Å². The topological polar surface area (TPSA) is 66.9 Å². The molecule has 1 aromatic rings. The summed E-state index contributed by atoms with van der Waals surface area (Å²) in [5, 5.41) is 0. The van der Waals surface area contributed by atoms with E-state index in [4.69, 9.17) is 8.05 Å². The van der Waals surface area contributed by atoms with Gasteiger partial charge in [0.05, 0.1) is 0 Å². The summed E-state index contributed by atoms with van der Waals surface area (Å²) < 4.78 is 4.89. The lowest BCUT2D eigenvalue weighted by atomic mass is 9.83. The molecule has 134 valence electrons. The van der Waals surface area contributed by atoms with Crippen molar-refractivity contribution < 1.29 is 19.1 Å². The average Bonchev–Trinajstić information content (AvgIpc) is 2.67. The summed E-state index contributed by atoms with van der Waals surface area (Å²) in [5.41, 5.74) is 3.13. The van der Waals surface area contributed by atoms with Crippen LogP contribution in [0.15, 0.2) is 24.3 Å². The van der Waals surface area contributed by atoms with Crippen LogP contribution in [0.4, 0.5) is 0 Å². The molecule has 6 nitrogen and oxygen atoms in total. The smallest absolute Gasteiger partial charge is 0.328 e. The van der Waals surface area contributed by atoms with E-state index in [0.717, 1.165) is 24.0 Å². The van der Waals surface area contributed by atoms with Gasteiger partial charge < -0.3 is 4.76 Å². The average molecular weight is 370 g/mol. The summed E-state index contributed by atoms with van der Waals surface area (Å²) in [6.07, 6.45) is 5.75. The van der Waals surface area contributed by atoms with Crippen molar-refractivity contribution in [2.24, 2.45) is 0 Å². The highest BCUT2D eigenvalue weighted by Gasteiger charge is 2.36. The number of hydrogen-bond donors (Lipinski definition) is 1. The Labute approximate surface area is 159 Å². The van der Waals surface area contributed by atoms with Gasteiger partial charge in [-0.05, 0) is 50.1 Å². The first-order chi connectivity index (χ1) is 12.5. The second kappa shape index (κ2) is 8.10. The van der Waals surface area contributed by atoms with Crippen LogP contribution in [0.2, 0.25) is 0 Å². The monoisotopic (exact) mass is 370 g/mol. The van der Waals surface area contributed by atoms with Gasteiger partial charge in [-0.25, -0.2) is 0 Å². The van der Waals surface area contributed by atoms with Gasteiger partial charge in [-0.3, -0.25) is 19.3 Å². The summed E-state index contributed by atoms with van der Waals surface area (Å²) in [6, 6.07) is 5.64. The van der Waals surface area contributed by atoms with Crippen molar-refractivity contribution in [2.45, 2.75) is 38.5 Å². The molecule has 0 saturated carbocycles. The van der Waals surface area contributed by atoms with E-state index < -0.39 is 0 Å². The Morgan fingerprint density at radius 3 is 2.81 bits per heavy atom. The third kappa shape index (κ3) is 3.57. The van der Waals surface area contributed by atoms with Gasteiger partial charge in [0.25, 0.3) is 17.7 Å². The maximum atomic E-state index is 12.8. The van der Waals surface area contributed by atoms with Crippen LogP contribution in [-0.2, 0) is 20.8 Å². The number of aryl methyl sites for hydroxylation is 1. The Morgan fingerprint density at radius 1 is 1.23 bits per heavy atom. The molecule has 1 aliphatic carbocycles. The molecule has 0 unspecified atom stereocenters. The summed E-state index contributed by atoms with van der Waals surface area (Å²) in [5.74, 6) is -0.793. The van der Waals surface area contributed by atoms with E-state index in [1.165, 1.54) is 4.90 Å². The number of carbonyl (C=O) groups is 3. The number of unbranched alkanes of at least 4 members (excludes halogenated alkanes) is 2. The molecule has 0 aromatic heterocycles. The van der Waals surface area contributed by atoms with Crippen LogP contribution in [0.1, 0.15) is 53.6 Å². The summed E-state index contributed by atoms with van der Waals surface area (Å²) >= 11 is 3.75. The van der Waals surface area contributed by atoms with Gasteiger partial charge in [0.15, 0.2) is 0 Å². The molecule has 1 heterocycles. The maximum Gasteiger partial charge on any atom is 0.328 e. The van der Waals surface area contributed by atoms with Crippen molar-refractivity contribution in [3.63, 3.8) is 0 Å². The first-order valence-electron chi connectivity index (χ1n) is 8.62. The molecule has 0 spiro atoms. The molecule has 1 aliphatic heterocycles. The van der Waals surface area contributed by atoms with E-state index in [1.54, 1.807) is 6.07 Å². The zero-order chi connectivity index (χ0) is 18.7. The molecule has 3 rings (SSSR count). The lowest BCUT2D eigenvalue weighted by Gasteiger charge is -2.31. The Kier molecular flexibility index (Phi) is 5.83. The first kappa shape index (κ1) is 18.7. The SMILES string of the molecule is [B]ON(S)C(=O)CCCCCN1C(=O)C2=CCCc3cccc(c32)C1=O. The predicted molar refractivity (Wildman–Crippen MR) is 99.9 cm³/mol. The second-order valence-electron chi connectivity index (χ2n) is 6.34. The predicted octanol–water partition coefficient (Wildman–Crippen LogP) is 2.25. The fourth-order valence-corrected chi connectivity index (χ4v) is 3.54. The third-order valence-corrected chi connectivity index (χ3v) is 5.04. The van der Waals surface area contributed by atoms with E-state index in [-0.39, 0.29) is 24.1 Å². The van der Waals surface area contributed by atoms with E-state index >= 15 is 0 Å². The standard InChI is InChI=1S/C18H19BN2O4S/c19-25-21(26)15(22)10-2-1-3-11-20-17(23)13-8-4-6-12-7-5-9-14(16(12)13)18(20)24/h4,6,8-9,26H,1-3,5,7,10-11H2. The normalized spacial score (nSPS) is 15.6. The molecule has 3 amide bonds. The summed E-state index contributed by atoms with van der Waals surface area (Å²) in [4.78, 5) is 38.3. The van der Waals surface area contributed by atoms with Crippen LogP contribution < -0.4 is 0 Å². The third-order valence-electron chi connectivity index (χ3n) is 4.72. The molecule has 0 atom stereocenters. The van der Waals surface area contributed by atoms with Crippen molar-refractivity contribution in [3.05, 3.63) is 41.0 Å². The highest BCUT2D eigenvalue weighted by molar-refractivity contribution is 7.78. The number of carbonyl (C=O) groups excluding carboxylic acids is 3. The zero-order valence-corrected chi connectivity index (χ0v) is 15.2. The number of rotatable bonds is 7. The second-order valence-corrected chi connectivity index (χ2v) is 6.70. The van der Waals surface area contributed by atoms with Gasteiger partial charge in [0, 0.05) is 29.7 Å². The molecule has 0 saturated heterocycles. The number of benzene rings is 1. The van der Waals surface area contributed by atoms with Crippen molar-refractivity contribution in [1.29, 1.82) is 0 Å². The van der Waals surface area contributed by atoms with Gasteiger partial charge in [0.1, 0.15) is 0 Å². The summed E-state index contributed by atoms with van der Waals surface area (Å²) in [7, 11) is 4.85. The minimum atomic E-state index is -0.338. The van der Waals surface area contributed by atoms with E-state index in [9.17, 15) is 14.4 Å². The number of thiol groups is 1. The minimum Gasteiger partial charge on any atom is -0.339 e. The van der Waals surface area contributed by atoms with E-state index in [1.807, 2.05) is 18.2 Å². The van der Waals surface area contributed by atoms with Crippen molar-refractivity contribution in [1.82, 2.24) is 9.37 Å². The van der Waals surface area contributed by atoms with Gasteiger partial charge in [-0.2, -0.15) is 4.47 Å². The largest absolute Gasteiger partial charge is 0.339 e. The Morgan fingerprint density at radius 2 is 2.04 bits per heavy atom. The van der Waals surface area contributed by atoms with Crippen LogP contribution >= 0.6 is 12.8 Å². The van der Waals surface area contributed by atoms with Crippen LogP contribution in [0.5, 0.6) is 0 Å². The highest BCUT2D eigenvalue weighted by atomic mass is 32.1. The molecule has 1 aromatic carbocycles. The highest BCUT2D eigenvalue weighted by Crippen LogP contribution is 2.35. The van der Waals surface area contributed by atoms with E-state index in [2.05, 4.69) is 17.6 Å². The number of hydrogen-bond acceptors (Lipinski definition) is 5. The molecular weight excluding hydrogens is 351 g/mol. The molecule has 2 radical (unpaired) electrons. The van der Waals surface area contributed by atoms with Gasteiger partial charge in [-0.15, -0.1) is 0 Å². The number of amides is 3. The molecule has 0 N–H and O–H groups in total. The van der Waals surface area contributed by atoms with Crippen molar-refractivity contribution >= 4 is 44.2 Å². The number of allylic oxidation sites excluding steroid dienone is 1. The fourth-order valence-electron chi connectivity index (χ4n) is 3.44. The first-order valence-corrected chi connectivity index (χ1v) is 9.02. The van der Waals surface area contributed by atoms with Gasteiger partial charge in [-0.1, -0.05) is 24.6 Å². The van der Waals surface area contributed by atoms with Gasteiger partial charge >= 0.3 is 8.05 Å². The maximum absolute atomic E-state index is 12.8. The van der Waals surface area contributed by atoms with E-state index in [0.29, 0.717) is 41.4 Å². The lowest BCUT2D eigenvalue weighted by Crippen LogP contribution is -2.43. The minimum absolute atomic E-state index is 0.219. The molecule has 2 aliphatic rings. The van der Waals surface area contributed by atoms with Crippen molar-refractivity contribution in [2.75, 3.05) is 6.54 Å². The zero-order valence-electron chi connectivity index (χ0n) is 14.3. The number of nitrogens with zero attached hydrogens (tertiary/aromatic N) is 2. The Bertz CT molecular complexity index is 780. The molecule has 0 fully saturated rings. The summed E-state index contributed by atoms with van der Waals surface area (Å²) in [6.45, 7) is 0.338. The molecular formula is C18H19BN2O4S. The van der Waals surface area contributed by atoms with Gasteiger partial charge in [0.2, 0.25) is 0 Å². The van der Waals surface area contributed by atoms with Crippen LogP contribution in [-0.4, -0.2) is 41.7 Å². The van der Waals surface area contributed by atoms with Crippen LogP contribution in [0.25, 0.3) is 5.57 Å². The van der Waals surface area contributed by atoms with Crippen LogP contribution in [0, 0.1) is 0 Å². The van der Waals surface area contributed by atoms with Crippen molar-refractivity contribution in [3.8, 4) is 0 Å². The number of imide groups is 1. The molecule has 26 heavy (non-hydrogen) atoms. The lowest BCUT2D eigenvalue weighted by molar-refractivity contribution is -0.140. The Balaban J connectivity index is 1.61. The Hall–Kier alpha value is -2.06. The fraction of sp³-hybridized carbons (Fsp3) is 0.389. The quantitative estimate of drug-likeness (QED) is 0.263. The molecule has 0 bridgehead atoms.